The van der Waals surface area contributed by atoms with Crippen molar-refractivity contribution in [3.05, 3.63) is 30.2 Å². The van der Waals surface area contributed by atoms with Gasteiger partial charge in [0.15, 0.2) is 0 Å². The van der Waals surface area contributed by atoms with Crippen molar-refractivity contribution in [3.8, 4) is 0 Å². The summed E-state index contributed by atoms with van der Waals surface area (Å²) in [7, 11) is -3.33. The molecule has 1 aromatic heterocycles. The second kappa shape index (κ2) is 4.39. The highest BCUT2D eigenvalue weighted by Gasteiger charge is 2.12. The van der Waals surface area contributed by atoms with Crippen LogP contribution in [0.5, 0.6) is 0 Å². The Balaban J connectivity index is 2.63. The zero-order valence-corrected chi connectivity index (χ0v) is 8.67. The molecule has 1 N–H and O–H groups in total. The fourth-order valence-electron chi connectivity index (χ4n) is 0.918. The van der Waals surface area contributed by atoms with Crippen LogP contribution in [0, 0.1) is 6.92 Å². The Hall–Kier alpha value is -1.14. The number of hydrogen-bond donors (Lipinski definition) is 1. The maximum absolute atomic E-state index is 11.3. The summed E-state index contributed by atoms with van der Waals surface area (Å²) in [6.45, 7) is 5.34. The third kappa shape index (κ3) is 3.31. The number of nitrogens with one attached hydrogen (secondary N) is 1. The first-order chi connectivity index (χ1) is 6.53. The van der Waals surface area contributed by atoms with Gasteiger partial charge in [-0.05, 0) is 6.92 Å². The second-order valence-electron chi connectivity index (χ2n) is 2.83. The minimum absolute atomic E-state index is 0.168. The molecule has 0 aliphatic heterocycles. The Morgan fingerprint density at radius 1 is 1.71 bits per heavy atom. The lowest BCUT2D eigenvalue weighted by Crippen LogP contribution is -2.25. The van der Waals surface area contributed by atoms with Crippen molar-refractivity contribution in [2.24, 2.45) is 0 Å². The highest BCUT2D eigenvalue weighted by atomic mass is 32.2. The molecule has 1 rings (SSSR count). The molecule has 78 valence electrons. The summed E-state index contributed by atoms with van der Waals surface area (Å²) in [5.74, 6) is 0.428. The van der Waals surface area contributed by atoms with Crippen LogP contribution < -0.4 is 4.72 Å². The van der Waals surface area contributed by atoms with Crippen molar-refractivity contribution in [1.82, 2.24) is 9.88 Å². The van der Waals surface area contributed by atoms with E-state index in [0.717, 1.165) is 0 Å². The third-order valence-corrected chi connectivity index (χ3v) is 2.74. The van der Waals surface area contributed by atoms with Gasteiger partial charge in [-0.1, -0.05) is 11.2 Å². The molecular formula is C8H12N2O3S. The fourth-order valence-corrected chi connectivity index (χ4v) is 1.92. The van der Waals surface area contributed by atoms with E-state index in [1.54, 1.807) is 13.0 Å². The highest BCUT2D eigenvalue weighted by Crippen LogP contribution is 2.05. The zero-order chi connectivity index (χ0) is 10.6. The van der Waals surface area contributed by atoms with Gasteiger partial charge in [-0.2, -0.15) is 0 Å². The van der Waals surface area contributed by atoms with E-state index < -0.39 is 10.0 Å². The van der Waals surface area contributed by atoms with Crippen molar-refractivity contribution < 1.29 is 12.9 Å². The fraction of sp³-hybridized carbons (Fsp3) is 0.375. The van der Waals surface area contributed by atoms with Gasteiger partial charge in [0.25, 0.3) is 0 Å². The van der Waals surface area contributed by atoms with Crippen molar-refractivity contribution in [2.45, 2.75) is 12.7 Å². The largest absolute Gasteiger partial charge is 0.361 e. The van der Waals surface area contributed by atoms with E-state index in [4.69, 9.17) is 4.52 Å². The Morgan fingerprint density at radius 3 is 2.93 bits per heavy atom. The van der Waals surface area contributed by atoms with Crippen LogP contribution in [0.3, 0.4) is 0 Å². The number of aryl methyl sites for hydroxylation is 1. The molecule has 6 heteroatoms. The smallest absolute Gasteiger partial charge is 0.217 e. The van der Waals surface area contributed by atoms with Crippen LogP contribution >= 0.6 is 0 Å². The average Bonchev–Trinajstić information content (AvgIpc) is 2.47. The van der Waals surface area contributed by atoms with E-state index in [2.05, 4.69) is 16.5 Å². The van der Waals surface area contributed by atoms with Crippen LogP contribution in [-0.2, 0) is 15.8 Å². The van der Waals surface area contributed by atoms with E-state index in [1.165, 1.54) is 6.08 Å². The second-order valence-corrected chi connectivity index (χ2v) is 4.63. The predicted octanol–water partition coefficient (Wildman–Crippen LogP) is 0.588. The summed E-state index contributed by atoms with van der Waals surface area (Å²) in [6, 6.07) is 1.59. The number of rotatable bonds is 5. The van der Waals surface area contributed by atoms with E-state index in [-0.39, 0.29) is 12.3 Å². The summed E-state index contributed by atoms with van der Waals surface area (Å²) < 4.78 is 29.7. The molecule has 0 fully saturated rings. The van der Waals surface area contributed by atoms with E-state index in [1.807, 2.05) is 0 Å². The van der Waals surface area contributed by atoms with Gasteiger partial charge in [0.2, 0.25) is 10.0 Å². The quantitative estimate of drug-likeness (QED) is 0.731. The molecule has 0 saturated heterocycles. The molecule has 0 spiro atoms. The van der Waals surface area contributed by atoms with Crippen LogP contribution in [-0.4, -0.2) is 20.1 Å². The van der Waals surface area contributed by atoms with Gasteiger partial charge in [0, 0.05) is 12.6 Å². The van der Waals surface area contributed by atoms with Crippen LogP contribution in [0.1, 0.15) is 11.5 Å². The highest BCUT2D eigenvalue weighted by molar-refractivity contribution is 7.88. The molecule has 0 aromatic carbocycles. The molecule has 0 unspecified atom stereocenters. The Labute approximate surface area is 82.8 Å². The first-order valence-electron chi connectivity index (χ1n) is 4.04. The summed E-state index contributed by atoms with van der Waals surface area (Å²) in [6.07, 6.45) is 1.48. The molecule has 0 bridgehead atoms. The molecule has 5 nitrogen and oxygen atoms in total. The lowest BCUT2D eigenvalue weighted by atomic mass is 10.4. The molecule has 0 amide bonds. The topological polar surface area (TPSA) is 72.2 Å². The van der Waals surface area contributed by atoms with Gasteiger partial charge < -0.3 is 4.52 Å². The molecule has 0 aliphatic carbocycles. The molecule has 14 heavy (non-hydrogen) atoms. The molecule has 1 aromatic rings. The van der Waals surface area contributed by atoms with Crippen LogP contribution in [0.15, 0.2) is 23.2 Å². The number of nitrogens with zero attached hydrogens (tertiary/aromatic N) is 1. The molecule has 0 radical (unpaired) electrons. The van der Waals surface area contributed by atoms with Crippen molar-refractivity contribution in [2.75, 3.05) is 6.54 Å². The monoisotopic (exact) mass is 216 g/mol. The number of aromatic nitrogens is 1. The maximum Gasteiger partial charge on any atom is 0.217 e. The lowest BCUT2D eigenvalue weighted by Gasteiger charge is -2.00. The van der Waals surface area contributed by atoms with Crippen molar-refractivity contribution >= 4 is 10.0 Å². The Bertz CT molecular complexity index is 408. The minimum Gasteiger partial charge on any atom is -0.361 e. The van der Waals surface area contributed by atoms with Crippen molar-refractivity contribution in [3.63, 3.8) is 0 Å². The van der Waals surface area contributed by atoms with Gasteiger partial charge >= 0.3 is 0 Å². The first kappa shape index (κ1) is 10.9. The molecule has 0 aliphatic rings. The third-order valence-electron chi connectivity index (χ3n) is 1.46. The van der Waals surface area contributed by atoms with Gasteiger partial charge in [-0.25, -0.2) is 13.1 Å². The number of hydrogen-bond acceptors (Lipinski definition) is 4. The average molecular weight is 216 g/mol. The van der Waals surface area contributed by atoms with E-state index in [0.29, 0.717) is 11.5 Å². The van der Waals surface area contributed by atoms with E-state index in [9.17, 15) is 8.42 Å². The predicted molar refractivity (Wildman–Crippen MR) is 52.1 cm³/mol. The van der Waals surface area contributed by atoms with Crippen LogP contribution in [0.4, 0.5) is 0 Å². The van der Waals surface area contributed by atoms with Gasteiger partial charge in [-0.3, -0.25) is 0 Å². The summed E-state index contributed by atoms with van der Waals surface area (Å²) in [5, 5.41) is 3.59. The Kier molecular flexibility index (Phi) is 3.43. The maximum atomic E-state index is 11.3. The number of sulfonamides is 1. The Morgan fingerprint density at radius 2 is 2.43 bits per heavy atom. The lowest BCUT2D eigenvalue weighted by molar-refractivity contribution is 0.392. The minimum atomic E-state index is -3.33. The summed E-state index contributed by atoms with van der Waals surface area (Å²) in [4.78, 5) is 0. The zero-order valence-electron chi connectivity index (χ0n) is 7.86. The first-order valence-corrected chi connectivity index (χ1v) is 5.69. The van der Waals surface area contributed by atoms with Gasteiger partial charge in [0.05, 0.1) is 0 Å². The summed E-state index contributed by atoms with van der Waals surface area (Å²) >= 11 is 0. The van der Waals surface area contributed by atoms with Crippen LogP contribution in [0.25, 0.3) is 0 Å². The molecule has 1 heterocycles. The van der Waals surface area contributed by atoms with Gasteiger partial charge in [0.1, 0.15) is 17.2 Å². The van der Waals surface area contributed by atoms with Crippen LogP contribution in [0.2, 0.25) is 0 Å². The van der Waals surface area contributed by atoms with E-state index >= 15 is 0 Å². The summed E-state index contributed by atoms with van der Waals surface area (Å²) in [5.41, 5.74) is 0.402. The molecule has 0 atom stereocenters. The molecular weight excluding hydrogens is 204 g/mol. The van der Waals surface area contributed by atoms with Crippen molar-refractivity contribution in [1.29, 1.82) is 0 Å². The molecule has 0 saturated carbocycles. The SMILES string of the molecule is C=CCNS(=O)(=O)Cc1cc(C)on1. The van der Waals surface area contributed by atoms with Gasteiger partial charge in [-0.15, -0.1) is 6.58 Å². The standard InChI is InChI=1S/C8H12N2O3S/c1-3-4-9-14(11,12)6-8-5-7(2)13-10-8/h3,5,9H,1,4,6H2,2H3. The normalized spacial score (nSPS) is 11.5.